The Morgan fingerprint density at radius 2 is 1.80 bits per heavy atom. The van der Waals surface area contributed by atoms with Gasteiger partial charge >= 0.3 is 0 Å². The Balaban J connectivity index is 1.16. The molecule has 0 bridgehead atoms. The Labute approximate surface area is 176 Å². The van der Waals surface area contributed by atoms with Gasteiger partial charge in [0.05, 0.1) is 0 Å². The van der Waals surface area contributed by atoms with E-state index in [9.17, 15) is 9.59 Å². The zero-order chi connectivity index (χ0) is 20.8. The SMILES string of the molecule is O=C(CCC(=O)N1CCN(c2ccccn2)CC1)NCCc1c[nH]c2ccccc12. The number of pyridine rings is 1. The van der Waals surface area contributed by atoms with Crippen molar-refractivity contribution >= 4 is 28.5 Å². The Morgan fingerprint density at radius 3 is 2.60 bits per heavy atom. The highest BCUT2D eigenvalue weighted by molar-refractivity contribution is 5.84. The summed E-state index contributed by atoms with van der Waals surface area (Å²) >= 11 is 0. The highest BCUT2D eigenvalue weighted by atomic mass is 16.2. The first-order chi connectivity index (χ1) is 14.7. The Morgan fingerprint density at radius 1 is 1.00 bits per heavy atom. The average molecular weight is 406 g/mol. The van der Waals surface area contributed by atoms with Gasteiger partial charge in [0.15, 0.2) is 0 Å². The second-order valence-corrected chi connectivity index (χ2v) is 7.52. The third kappa shape index (κ3) is 4.79. The van der Waals surface area contributed by atoms with Crippen LogP contribution in [-0.4, -0.2) is 59.4 Å². The number of nitrogens with one attached hydrogen (secondary N) is 2. The fourth-order valence-corrected chi connectivity index (χ4v) is 3.87. The predicted molar refractivity (Wildman–Crippen MR) is 117 cm³/mol. The van der Waals surface area contributed by atoms with Crippen LogP contribution in [0.25, 0.3) is 10.9 Å². The number of fused-ring (bicyclic) bond motifs is 1. The Bertz CT molecular complexity index is 993. The molecular weight excluding hydrogens is 378 g/mol. The highest BCUT2D eigenvalue weighted by Crippen LogP contribution is 2.17. The van der Waals surface area contributed by atoms with E-state index in [-0.39, 0.29) is 24.7 Å². The standard InChI is InChI=1S/C23H27N5O2/c29-22(25-12-10-18-17-26-20-6-2-1-5-19(18)20)8-9-23(30)28-15-13-27(14-16-28)21-7-3-4-11-24-21/h1-7,11,17,26H,8-10,12-16H2,(H,25,29). The highest BCUT2D eigenvalue weighted by Gasteiger charge is 2.22. The van der Waals surface area contributed by atoms with Gasteiger partial charge in [-0.1, -0.05) is 24.3 Å². The molecule has 0 atom stereocenters. The van der Waals surface area contributed by atoms with Gasteiger partial charge in [-0.15, -0.1) is 0 Å². The molecule has 7 nitrogen and oxygen atoms in total. The number of aromatic nitrogens is 2. The number of anilines is 1. The minimum Gasteiger partial charge on any atom is -0.361 e. The zero-order valence-electron chi connectivity index (χ0n) is 17.0. The van der Waals surface area contributed by atoms with Crippen molar-refractivity contribution in [3.05, 3.63) is 60.4 Å². The molecule has 3 heterocycles. The number of aromatic amines is 1. The number of hydrogen-bond acceptors (Lipinski definition) is 4. The van der Waals surface area contributed by atoms with E-state index in [0.717, 1.165) is 30.8 Å². The van der Waals surface area contributed by atoms with Crippen molar-refractivity contribution in [2.24, 2.45) is 0 Å². The first-order valence-electron chi connectivity index (χ1n) is 10.5. The number of carbonyl (C=O) groups is 2. The molecule has 1 aliphatic rings. The summed E-state index contributed by atoms with van der Waals surface area (Å²) in [4.78, 5) is 36.3. The number of benzene rings is 1. The largest absolute Gasteiger partial charge is 0.361 e. The van der Waals surface area contributed by atoms with Crippen molar-refractivity contribution in [2.75, 3.05) is 37.6 Å². The van der Waals surface area contributed by atoms with Gasteiger partial charge in [-0.05, 0) is 30.2 Å². The van der Waals surface area contributed by atoms with Crippen LogP contribution in [0.15, 0.2) is 54.9 Å². The molecule has 1 aliphatic heterocycles. The van der Waals surface area contributed by atoms with Gasteiger partial charge in [0, 0.05) is 68.9 Å². The molecule has 0 saturated carbocycles. The van der Waals surface area contributed by atoms with E-state index < -0.39 is 0 Å². The number of nitrogens with zero attached hydrogens (tertiary/aromatic N) is 3. The van der Waals surface area contributed by atoms with Crippen LogP contribution in [0.1, 0.15) is 18.4 Å². The van der Waals surface area contributed by atoms with Crippen LogP contribution < -0.4 is 10.2 Å². The molecule has 30 heavy (non-hydrogen) atoms. The molecule has 3 aromatic rings. The fraction of sp³-hybridized carbons (Fsp3) is 0.348. The van der Waals surface area contributed by atoms with E-state index in [4.69, 9.17) is 0 Å². The topological polar surface area (TPSA) is 81.3 Å². The smallest absolute Gasteiger partial charge is 0.223 e. The third-order valence-corrected chi connectivity index (χ3v) is 5.56. The predicted octanol–water partition coefficient (Wildman–Crippen LogP) is 2.35. The van der Waals surface area contributed by atoms with Crippen LogP contribution in [-0.2, 0) is 16.0 Å². The normalized spacial score (nSPS) is 14.1. The maximum atomic E-state index is 12.5. The summed E-state index contributed by atoms with van der Waals surface area (Å²) in [5.74, 6) is 0.914. The van der Waals surface area contributed by atoms with Crippen molar-refractivity contribution < 1.29 is 9.59 Å². The number of rotatable bonds is 7. The number of amides is 2. The summed E-state index contributed by atoms with van der Waals surface area (Å²) in [5.41, 5.74) is 2.29. The van der Waals surface area contributed by atoms with Gasteiger partial charge in [-0.25, -0.2) is 4.98 Å². The van der Waals surface area contributed by atoms with Crippen LogP contribution in [0.2, 0.25) is 0 Å². The summed E-state index contributed by atoms with van der Waals surface area (Å²) in [6, 6.07) is 14.0. The molecule has 0 spiro atoms. The molecule has 4 rings (SSSR count). The summed E-state index contributed by atoms with van der Waals surface area (Å²) in [7, 11) is 0. The van der Waals surface area contributed by atoms with Crippen molar-refractivity contribution in [1.82, 2.24) is 20.2 Å². The van der Waals surface area contributed by atoms with Crippen molar-refractivity contribution in [3.63, 3.8) is 0 Å². The van der Waals surface area contributed by atoms with Crippen LogP contribution in [0.5, 0.6) is 0 Å². The number of carbonyl (C=O) groups excluding carboxylic acids is 2. The molecule has 2 aromatic heterocycles. The van der Waals surface area contributed by atoms with Crippen LogP contribution in [0.4, 0.5) is 5.82 Å². The molecule has 0 aliphatic carbocycles. The first-order valence-corrected chi connectivity index (χ1v) is 10.5. The van der Waals surface area contributed by atoms with Crippen LogP contribution in [0, 0.1) is 0 Å². The molecular formula is C23H27N5O2. The lowest BCUT2D eigenvalue weighted by Gasteiger charge is -2.35. The van der Waals surface area contributed by atoms with E-state index in [1.165, 1.54) is 10.9 Å². The fourth-order valence-electron chi connectivity index (χ4n) is 3.87. The molecule has 0 radical (unpaired) electrons. The quantitative estimate of drug-likeness (QED) is 0.632. The van der Waals surface area contributed by atoms with Gasteiger partial charge in [0.1, 0.15) is 5.82 Å². The van der Waals surface area contributed by atoms with E-state index in [1.54, 1.807) is 6.20 Å². The molecule has 7 heteroatoms. The minimum absolute atomic E-state index is 0.0439. The third-order valence-electron chi connectivity index (χ3n) is 5.56. The van der Waals surface area contributed by atoms with E-state index in [2.05, 4.69) is 26.3 Å². The molecule has 156 valence electrons. The van der Waals surface area contributed by atoms with Gasteiger partial charge in [-0.2, -0.15) is 0 Å². The molecule has 1 saturated heterocycles. The van der Waals surface area contributed by atoms with E-state index in [0.29, 0.717) is 19.6 Å². The number of piperazine rings is 1. The van der Waals surface area contributed by atoms with Gasteiger partial charge in [0.2, 0.25) is 11.8 Å². The van der Waals surface area contributed by atoms with Crippen LogP contribution in [0.3, 0.4) is 0 Å². The molecule has 2 N–H and O–H groups in total. The maximum absolute atomic E-state index is 12.5. The second-order valence-electron chi connectivity index (χ2n) is 7.52. The van der Waals surface area contributed by atoms with Crippen molar-refractivity contribution in [2.45, 2.75) is 19.3 Å². The first kappa shape index (κ1) is 19.9. The molecule has 0 unspecified atom stereocenters. The number of H-pyrrole nitrogens is 1. The van der Waals surface area contributed by atoms with E-state index >= 15 is 0 Å². The lowest BCUT2D eigenvalue weighted by Crippen LogP contribution is -2.49. The number of hydrogen-bond donors (Lipinski definition) is 2. The summed E-state index contributed by atoms with van der Waals surface area (Å²) in [6.45, 7) is 3.42. The lowest BCUT2D eigenvalue weighted by molar-refractivity contribution is -0.133. The molecule has 2 amide bonds. The van der Waals surface area contributed by atoms with Gasteiger partial charge in [-0.3, -0.25) is 9.59 Å². The second kappa shape index (κ2) is 9.43. The van der Waals surface area contributed by atoms with E-state index in [1.807, 2.05) is 47.5 Å². The Kier molecular flexibility index (Phi) is 6.27. The Hall–Kier alpha value is -3.35. The van der Waals surface area contributed by atoms with Gasteiger partial charge in [0.25, 0.3) is 0 Å². The van der Waals surface area contributed by atoms with Gasteiger partial charge < -0.3 is 20.1 Å². The maximum Gasteiger partial charge on any atom is 0.223 e. The number of para-hydroxylation sites is 1. The van der Waals surface area contributed by atoms with Crippen molar-refractivity contribution in [3.8, 4) is 0 Å². The summed E-state index contributed by atoms with van der Waals surface area (Å²) in [5, 5.41) is 4.12. The monoisotopic (exact) mass is 405 g/mol. The summed E-state index contributed by atoms with van der Waals surface area (Å²) in [6.07, 6.45) is 5.02. The molecule has 1 aromatic carbocycles. The summed E-state index contributed by atoms with van der Waals surface area (Å²) < 4.78 is 0. The minimum atomic E-state index is -0.0738. The van der Waals surface area contributed by atoms with Crippen molar-refractivity contribution in [1.29, 1.82) is 0 Å². The lowest BCUT2D eigenvalue weighted by atomic mass is 10.1. The van der Waals surface area contributed by atoms with Crippen LogP contribution >= 0.6 is 0 Å². The zero-order valence-corrected chi connectivity index (χ0v) is 17.0. The molecule has 1 fully saturated rings. The average Bonchev–Trinajstić information content (AvgIpc) is 3.21.